The van der Waals surface area contributed by atoms with Gasteiger partial charge in [0.2, 0.25) is 0 Å². The lowest BCUT2D eigenvalue weighted by Gasteiger charge is -2.13. The van der Waals surface area contributed by atoms with E-state index < -0.39 is 64.6 Å². The largest absolute Gasteiger partial charge is 0.479 e. The maximum absolute atomic E-state index is 15.0. The number of amides is 1. The molecule has 0 fully saturated rings. The molecule has 33 heavy (non-hydrogen) atoms. The fourth-order valence-corrected chi connectivity index (χ4v) is 2.91. The van der Waals surface area contributed by atoms with Gasteiger partial charge in [0.25, 0.3) is 5.91 Å². The molecule has 0 heterocycles. The zero-order valence-corrected chi connectivity index (χ0v) is 17.1. The van der Waals surface area contributed by atoms with Crippen molar-refractivity contribution in [3.8, 4) is 16.9 Å². The Labute approximate surface area is 184 Å². The summed E-state index contributed by atoms with van der Waals surface area (Å²) in [6.45, 7) is 0.912. The number of anilines is 1. The number of hydrogen-bond acceptors (Lipinski definition) is 4. The Hall–Kier alpha value is -3.95. The molecule has 0 spiro atoms. The number of carbonyl (C=O) groups is 2. The number of esters is 1. The summed E-state index contributed by atoms with van der Waals surface area (Å²) in [6.07, 6.45) is 0. The fraction of sp³-hybridized carbons (Fsp3) is 0.130. The third-order valence-electron chi connectivity index (χ3n) is 4.40. The SMILES string of the molecule is CCOC(=O)COc1ccc(F)c(NC(=O)c2c(F)ccc(-c3cccc(F)c3)c2F)c1F. The highest BCUT2D eigenvalue weighted by molar-refractivity contribution is 6.05. The van der Waals surface area contributed by atoms with Crippen molar-refractivity contribution in [3.63, 3.8) is 0 Å². The van der Waals surface area contributed by atoms with Gasteiger partial charge in [-0.25, -0.2) is 26.7 Å². The number of ether oxygens (including phenoxy) is 2. The molecule has 3 aromatic rings. The molecule has 3 aromatic carbocycles. The summed E-state index contributed by atoms with van der Waals surface area (Å²) in [5.74, 6) is -8.93. The summed E-state index contributed by atoms with van der Waals surface area (Å²) < 4.78 is 81.2. The van der Waals surface area contributed by atoms with E-state index in [1.807, 2.05) is 0 Å². The normalized spacial score (nSPS) is 10.6. The van der Waals surface area contributed by atoms with Crippen molar-refractivity contribution in [3.05, 3.63) is 83.2 Å². The third-order valence-corrected chi connectivity index (χ3v) is 4.40. The lowest BCUT2D eigenvalue weighted by Crippen LogP contribution is -2.19. The summed E-state index contributed by atoms with van der Waals surface area (Å²) in [4.78, 5) is 23.9. The number of nitrogens with one attached hydrogen (secondary N) is 1. The van der Waals surface area contributed by atoms with Gasteiger partial charge < -0.3 is 14.8 Å². The zero-order valence-electron chi connectivity index (χ0n) is 17.1. The smallest absolute Gasteiger partial charge is 0.344 e. The van der Waals surface area contributed by atoms with Crippen LogP contribution in [0.1, 0.15) is 17.3 Å². The second-order valence-electron chi connectivity index (χ2n) is 6.58. The highest BCUT2D eigenvalue weighted by Crippen LogP contribution is 2.31. The highest BCUT2D eigenvalue weighted by Gasteiger charge is 2.25. The maximum atomic E-state index is 15.0. The Morgan fingerprint density at radius 1 is 0.909 bits per heavy atom. The second-order valence-corrected chi connectivity index (χ2v) is 6.58. The molecule has 0 unspecified atom stereocenters. The van der Waals surface area contributed by atoms with E-state index in [0.717, 1.165) is 36.4 Å². The molecule has 0 aliphatic carbocycles. The number of benzene rings is 3. The molecular weight excluding hydrogens is 449 g/mol. The van der Waals surface area contributed by atoms with E-state index in [9.17, 15) is 31.5 Å². The van der Waals surface area contributed by atoms with Gasteiger partial charge in [0.15, 0.2) is 18.2 Å². The summed E-state index contributed by atoms with van der Waals surface area (Å²) >= 11 is 0. The second kappa shape index (κ2) is 10.1. The summed E-state index contributed by atoms with van der Waals surface area (Å²) in [5.41, 5.74) is -2.45. The first-order valence-electron chi connectivity index (χ1n) is 9.54. The van der Waals surface area contributed by atoms with Crippen LogP contribution in [0.15, 0.2) is 48.5 Å². The Balaban J connectivity index is 1.92. The van der Waals surface area contributed by atoms with E-state index in [2.05, 4.69) is 4.74 Å². The molecule has 0 saturated carbocycles. The number of halogens is 5. The molecule has 0 aromatic heterocycles. The topological polar surface area (TPSA) is 64.6 Å². The molecular formula is C23H16F5NO4. The fourth-order valence-electron chi connectivity index (χ4n) is 2.91. The Kier molecular flexibility index (Phi) is 7.27. The van der Waals surface area contributed by atoms with Crippen LogP contribution in [0, 0.1) is 29.1 Å². The number of rotatable bonds is 7. The molecule has 0 atom stereocenters. The van der Waals surface area contributed by atoms with Crippen LogP contribution in [0.3, 0.4) is 0 Å². The van der Waals surface area contributed by atoms with Crippen molar-refractivity contribution in [2.45, 2.75) is 6.92 Å². The lowest BCUT2D eigenvalue weighted by molar-refractivity contribution is -0.145. The molecule has 0 bridgehead atoms. The van der Waals surface area contributed by atoms with E-state index in [1.54, 1.807) is 12.2 Å². The van der Waals surface area contributed by atoms with E-state index in [1.165, 1.54) is 12.1 Å². The molecule has 0 radical (unpaired) electrons. The van der Waals surface area contributed by atoms with Crippen LogP contribution < -0.4 is 10.1 Å². The predicted octanol–water partition coefficient (Wildman–Crippen LogP) is 5.24. The number of carbonyl (C=O) groups excluding carboxylic acids is 2. The Morgan fingerprint density at radius 2 is 1.64 bits per heavy atom. The molecule has 10 heteroatoms. The van der Waals surface area contributed by atoms with Gasteiger partial charge >= 0.3 is 5.97 Å². The van der Waals surface area contributed by atoms with Crippen molar-refractivity contribution in [2.75, 3.05) is 18.5 Å². The lowest BCUT2D eigenvalue weighted by atomic mass is 10.0. The number of hydrogen-bond donors (Lipinski definition) is 1. The highest BCUT2D eigenvalue weighted by atomic mass is 19.1. The first-order valence-corrected chi connectivity index (χ1v) is 9.54. The summed E-state index contributed by atoms with van der Waals surface area (Å²) in [6, 6.07) is 8.08. The van der Waals surface area contributed by atoms with E-state index in [-0.39, 0.29) is 17.7 Å². The van der Waals surface area contributed by atoms with Crippen LogP contribution in [0.25, 0.3) is 11.1 Å². The average molecular weight is 465 g/mol. The van der Waals surface area contributed by atoms with Gasteiger partial charge in [-0.3, -0.25) is 4.79 Å². The van der Waals surface area contributed by atoms with Gasteiger partial charge in [-0.2, -0.15) is 0 Å². The van der Waals surface area contributed by atoms with Crippen molar-refractivity contribution < 1.29 is 41.0 Å². The van der Waals surface area contributed by atoms with Crippen LogP contribution in [-0.2, 0) is 9.53 Å². The zero-order chi connectivity index (χ0) is 24.1. The van der Waals surface area contributed by atoms with Gasteiger partial charge in [-0.1, -0.05) is 12.1 Å². The first-order chi connectivity index (χ1) is 15.7. The molecule has 1 amide bonds. The summed E-state index contributed by atoms with van der Waals surface area (Å²) in [5, 5.41) is 1.78. The van der Waals surface area contributed by atoms with Gasteiger partial charge in [-0.05, 0) is 48.9 Å². The monoisotopic (exact) mass is 465 g/mol. The van der Waals surface area contributed by atoms with Gasteiger partial charge in [0.1, 0.15) is 34.5 Å². The van der Waals surface area contributed by atoms with Gasteiger partial charge in [-0.15, -0.1) is 0 Å². The molecule has 0 saturated heterocycles. The minimum Gasteiger partial charge on any atom is -0.479 e. The van der Waals surface area contributed by atoms with Crippen LogP contribution in [0.5, 0.6) is 5.75 Å². The van der Waals surface area contributed by atoms with Crippen LogP contribution in [0.4, 0.5) is 27.6 Å². The van der Waals surface area contributed by atoms with Crippen molar-refractivity contribution in [2.24, 2.45) is 0 Å². The molecule has 0 aliphatic heterocycles. The van der Waals surface area contributed by atoms with Gasteiger partial charge in [0, 0.05) is 5.56 Å². The molecule has 0 aliphatic rings. The van der Waals surface area contributed by atoms with E-state index >= 15 is 0 Å². The minimum absolute atomic E-state index is 0.0215. The molecule has 172 valence electrons. The molecule has 5 nitrogen and oxygen atoms in total. The molecule has 1 N–H and O–H groups in total. The van der Waals surface area contributed by atoms with E-state index in [0.29, 0.717) is 0 Å². The minimum atomic E-state index is -1.50. The summed E-state index contributed by atoms with van der Waals surface area (Å²) in [7, 11) is 0. The van der Waals surface area contributed by atoms with Crippen molar-refractivity contribution >= 4 is 17.6 Å². The van der Waals surface area contributed by atoms with Crippen LogP contribution in [0.2, 0.25) is 0 Å². The molecule has 3 rings (SSSR count). The van der Waals surface area contributed by atoms with Crippen LogP contribution >= 0.6 is 0 Å². The van der Waals surface area contributed by atoms with Crippen LogP contribution in [-0.4, -0.2) is 25.1 Å². The quantitative estimate of drug-likeness (QED) is 0.383. The Bertz CT molecular complexity index is 1220. The van der Waals surface area contributed by atoms with Gasteiger partial charge in [0.05, 0.1) is 6.61 Å². The first kappa shape index (κ1) is 23.7. The van der Waals surface area contributed by atoms with Crippen molar-refractivity contribution in [1.29, 1.82) is 0 Å². The maximum Gasteiger partial charge on any atom is 0.344 e. The standard InChI is InChI=1S/C23H16F5NO4/c1-2-32-18(30)11-33-17-9-8-16(26)22(21(17)28)29-23(31)19-15(25)7-6-14(20(19)27)12-4-3-5-13(24)10-12/h3-10H,2,11H2,1H3,(H,29,31). The van der Waals surface area contributed by atoms with E-state index in [4.69, 9.17) is 4.74 Å². The van der Waals surface area contributed by atoms with Crippen molar-refractivity contribution in [1.82, 2.24) is 0 Å². The predicted molar refractivity (Wildman–Crippen MR) is 108 cm³/mol. The average Bonchev–Trinajstić information content (AvgIpc) is 2.76. The Morgan fingerprint density at radius 3 is 2.33 bits per heavy atom. The third kappa shape index (κ3) is 5.28.